The molecule has 1 unspecified atom stereocenters. The van der Waals surface area contributed by atoms with Gasteiger partial charge in [0.15, 0.2) is 0 Å². The van der Waals surface area contributed by atoms with Gasteiger partial charge in [0.25, 0.3) is 0 Å². The van der Waals surface area contributed by atoms with Crippen LogP contribution in [0.5, 0.6) is 0 Å². The third kappa shape index (κ3) is 1.17. The Bertz CT molecular complexity index is 81.8. The van der Waals surface area contributed by atoms with E-state index in [2.05, 4.69) is 10.3 Å². The molecule has 0 aliphatic carbocycles. The largest absolute Gasteiger partial charge is 0.298 e. The van der Waals surface area contributed by atoms with Gasteiger partial charge in [0.05, 0.1) is 5.55 Å². The van der Waals surface area contributed by atoms with Crippen molar-refractivity contribution >= 4 is 17.3 Å². The van der Waals surface area contributed by atoms with Crippen molar-refractivity contribution in [2.45, 2.75) is 6.17 Å². The summed E-state index contributed by atoms with van der Waals surface area (Å²) < 4.78 is 0. The summed E-state index contributed by atoms with van der Waals surface area (Å²) in [6.45, 7) is 0. The van der Waals surface area contributed by atoms with Gasteiger partial charge in [-0.2, -0.15) is 0 Å². The van der Waals surface area contributed by atoms with Crippen LogP contribution in [-0.4, -0.2) is 24.5 Å². The molecule has 0 radical (unpaired) electrons. The predicted molar refractivity (Wildman–Crippen MR) is 33.8 cm³/mol. The zero-order chi connectivity index (χ0) is 5.11. The summed E-state index contributed by atoms with van der Waals surface area (Å²) in [7, 11) is 1.92. The molecule has 1 heterocycles. The lowest BCUT2D eigenvalue weighted by atomic mass is 10.6. The van der Waals surface area contributed by atoms with Gasteiger partial charge in [-0.3, -0.25) is 10.3 Å². The molecule has 0 amide bonds. The monoisotopic (exact) mass is 116 g/mol. The molecule has 40 valence electrons. The molecule has 7 heavy (non-hydrogen) atoms. The quantitative estimate of drug-likeness (QED) is 0.533. The van der Waals surface area contributed by atoms with Crippen LogP contribution in [0.2, 0.25) is 0 Å². The Labute approximate surface area is 47.4 Å². The first-order valence-electron chi connectivity index (χ1n) is 2.24. The van der Waals surface area contributed by atoms with E-state index in [0.29, 0.717) is 6.17 Å². The van der Waals surface area contributed by atoms with Gasteiger partial charge < -0.3 is 0 Å². The topological polar surface area (TPSA) is 24.4 Å². The molecule has 1 aliphatic heterocycles. The summed E-state index contributed by atoms with van der Waals surface area (Å²) in [5.74, 6) is 1.09. The highest BCUT2D eigenvalue weighted by Crippen LogP contribution is 2.06. The van der Waals surface area contributed by atoms with E-state index in [-0.39, 0.29) is 0 Å². The SMILES string of the molecule is CNC1CSC=N1. The van der Waals surface area contributed by atoms with E-state index in [1.54, 1.807) is 11.8 Å². The van der Waals surface area contributed by atoms with Crippen LogP contribution in [0, 0.1) is 0 Å². The standard InChI is InChI=1S/C4H8N2S/c1-5-4-2-7-3-6-4/h3-5H,2H2,1H3. The van der Waals surface area contributed by atoms with Crippen LogP contribution in [0.1, 0.15) is 0 Å². The van der Waals surface area contributed by atoms with Gasteiger partial charge in [-0.15, -0.1) is 11.8 Å². The lowest BCUT2D eigenvalue weighted by molar-refractivity contribution is 0.661. The fourth-order valence-electron chi connectivity index (χ4n) is 0.452. The fourth-order valence-corrected chi connectivity index (χ4v) is 1.21. The molecule has 1 aliphatic rings. The molecule has 0 bridgehead atoms. The first-order chi connectivity index (χ1) is 3.43. The van der Waals surface area contributed by atoms with Gasteiger partial charge in [0.1, 0.15) is 6.17 Å². The molecule has 1 N–H and O–H groups in total. The summed E-state index contributed by atoms with van der Waals surface area (Å²) in [4.78, 5) is 4.08. The Morgan fingerprint density at radius 2 is 2.86 bits per heavy atom. The minimum absolute atomic E-state index is 0.380. The van der Waals surface area contributed by atoms with Crippen LogP contribution in [0.4, 0.5) is 0 Å². The zero-order valence-electron chi connectivity index (χ0n) is 4.22. The van der Waals surface area contributed by atoms with Crippen LogP contribution in [-0.2, 0) is 0 Å². The number of nitrogens with zero attached hydrogens (tertiary/aromatic N) is 1. The fraction of sp³-hybridized carbons (Fsp3) is 0.750. The average Bonchev–Trinajstić information content (AvgIpc) is 2.14. The van der Waals surface area contributed by atoms with E-state index in [1.165, 1.54) is 0 Å². The lowest BCUT2D eigenvalue weighted by Gasteiger charge is -1.99. The molecule has 2 nitrogen and oxygen atoms in total. The van der Waals surface area contributed by atoms with Crippen LogP contribution in [0.15, 0.2) is 4.99 Å². The van der Waals surface area contributed by atoms with E-state index >= 15 is 0 Å². The molecule has 0 aromatic heterocycles. The van der Waals surface area contributed by atoms with Crippen LogP contribution < -0.4 is 5.32 Å². The first-order valence-corrected chi connectivity index (χ1v) is 3.29. The third-order valence-corrected chi connectivity index (χ3v) is 1.68. The third-order valence-electron chi connectivity index (χ3n) is 0.903. The van der Waals surface area contributed by atoms with Crippen molar-refractivity contribution in [3.8, 4) is 0 Å². The minimum Gasteiger partial charge on any atom is -0.298 e. The van der Waals surface area contributed by atoms with E-state index < -0.39 is 0 Å². The average molecular weight is 116 g/mol. The zero-order valence-corrected chi connectivity index (χ0v) is 5.03. The Balaban J connectivity index is 2.28. The number of thioether (sulfide) groups is 1. The number of nitrogens with one attached hydrogen (secondary N) is 1. The molecule has 0 aromatic carbocycles. The highest BCUT2D eigenvalue weighted by molar-refractivity contribution is 8.12. The first kappa shape index (κ1) is 5.12. The molecule has 0 fully saturated rings. The number of rotatable bonds is 1. The van der Waals surface area contributed by atoms with Crippen molar-refractivity contribution in [1.29, 1.82) is 0 Å². The molecule has 3 heteroatoms. The van der Waals surface area contributed by atoms with Crippen molar-refractivity contribution in [2.24, 2.45) is 4.99 Å². The number of aliphatic imine (C=N–C) groups is 1. The number of hydrogen-bond acceptors (Lipinski definition) is 3. The van der Waals surface area contributed by atoms with Crippen LogP contribution >= 0.6 is 11.8 Å². The van der Waals surface area contributed by atoms with E-state index in [1.807, 2.05) is 12.6 Å². The summed E-state index contributed by atoms with van der Waals surface area (Å²) in [5.41, 5.74) is 1.89. The Morgan fingerprint density at radius 3 is 3.14 bits per heavy atom. The summed E-state index contributed by atoms with van der Waals surface area (Å²) in [5, 5.41) is 3.05. The van der Waals surface area contributed by atoms with Gasteiger partial charge in [-0.05, 0) is 7.05 Å². The van der Waals surface area contributed by atoms with Gasteiger partial charge in [0, 0.05) is 5.75 Å². The minimum atomic E-state index is 0.380. The maximum Gasteiger partial charge on any atom is 0.109 e. The Kier molecular flexibility index (Phi) is 1.70. The van der Waals surface area contributed by atoms with Gasteiger partial charge in [-0.25, -0.2) is 0 Å². The Morgan fingerprint density at radius 1 is 2.00 bits per heavy atom. The van der Waals surface area contributed by atoms with Gasteiger partial charge >= 0.3 is 0 Å². The highest BCUT2D eigenvalue weighted by atomic mass is 32.2. The summed E-state index contributed by atoms with van der Waals surface area (Å²) in [6.07, 6.45) is 0.380. The lowest BCUT2D eigenvalue weighted by Crippen LogP contribution is -2.22. The maximum atomic E-state index is 4.08. The molecule has 0 saturated carbocycles. The summed E-state index contributed by atoms with van der Waals surface area (Å²) >= 11 is 1.75. The normalized spacial score (nSPS) is 29.0. The number of hydrogen-bond donors (Lipinski definition) is 1. The molecule has 1 rings (SSSR count). The van der Waals surface area contributed by atoms with E-state index in [9.17, 15) is 0 Å². The predicted octanol–water partition coefficient (Wildman–Crippen LogP) is 0.307. The van der Waals surface area contributed by atoms with E-state index in [4.69, 9.17) is 0 Å². The van der Waals surface area contributed by atoms with Crippen molar-refractivity contribution < 1.29 is 0 Å². The molecule has 0 spiro atoms. The van der Waals surface area contributed by atoms with Crippen LogP contribution in [0.3, 0.4) is 0 Å². The molecular weight excluding hydrogens is 108 g/mol. The molecular formula is C4H8N2S. The smallest absolute Gasteiger partial charge is 0.109 e. The van der Waals surface area contributed by atoms with Gasteiger partial charge in [-0.1, -0.05) is 0 Å². The second-order valence-corrected chi connectivity index (χ2v) is 2.27. The molecule has 0 saturated heterocycles. The Hall–Kier alpha value is -0.0200. The van der Waals surface area contributed by atoms with Crippen LogP contribution in [0.25, 0.3) is 0 Å². The maximum absolute atomic E-state index is 4.08. The summed E-state index contributed by atoms with van der Waals surface area (Å²) in [6, 6.07) is 0. The van der Waals surface area contributed by atoms with Crippen molar-refractivity contribution in [1.82, 2.24) is 5.32 Å². The highest BCUT2D eigenvalue weighted by Gasteiger charge is 2.05. The molecule has 1 atom stereocenters. The van der Waals surface area contributed by atoms with Gasteiger partial charge in [0.2, 0.25) is 0 Å². The van der Waals surface area contributed by atoms with E-state index in [0.717, 1.165) is 5.75 Å². The van der Waals surface area contributed by atoms with Crippen molar-refractivity contribution in [2.75, 3.05) is 12.8 Å². The molecule has 0 aromatic rings. The second kappa shape index (κ2) is 2.33. The van der Waals surface area contributed by atoms with Crippen molar-refractivity contribution in [3.63, 3.8) is 0 Å². The van der Waals surface area contributed by atoms with Crippen molar-refractivity contribution in [3.05, 3.63) is 0 Å². The second-order valence-electron chi connectivity index (χ2n) is 1.39.